The van der Waals surface area contributed by atoms with Gasteiger partial charge in [-0.3, -0.25) is 4.99 Å². The van der Waals surface area contributed by atoms with Crippen LogP contribution < -0.4 is 10.6 Å². The van der Waals surface area contributed by atoms with Crippen LogP contribution in [0.1, 0.15) is 39.5 Å². The first-order valence-corrected chi connectivity index (χ1v) is 8.52. The highest BCUT2D eigenvalue weighted by Gasteiger charge is 2.23. The summed E-state index contributed by atoms with van der Waals surface area (Å²) in [5, 5.41) is 6.92. The number of rotatable bonds is 5. The molecule has 0 spiro atoms. The van der Waals surface area contributed by atoms with Crippen molar-refractivity contribution >= 4 is 41.7 Å². The predicted molar refractivity (Wildman–Crippen MR) is 98.9 cm³/mol. The first-order valence-electron chi connectivity index (χ1n) is 7.13. The summed E-state index contributed by atoms with van der Waals surface area (Å²) in [5.41, 5.74) is 0. The molecule has 0 heterocycles. The molecule has 0 radical (unpaired) electrons. The normalized spacial score (nSPS) is 23.9. The van der Waals surface area contributed by atoms with E-state index in [9.17, 15) is 0 Å². The summed E-state index contributed by atoms with van der Waals surface area (Å²) in [7, 11) is 1.86. The summed E-state index contributed by atoms with van der Waals surface area (Å²) in [6.45, 7) is 5.69. The van der Waals surface area contributed by atoms with E-state index in [2.05, 4.69) is 35.7 Å². The molecular weight excluding hydrogens is 369 g/mol. The van der Waals surface area contributed by atoms with Crippen LogP contribution >= 0.6 is 35.7 Å². The lowest BCUT2D eigenvalue weighted by Gasteiger charge is -2.32. The summed E-state index contributed by atoms with van der Waals surface area (Å²) >= 11 is 1.86. The smallest absolute Gasteiger partial charge is 0.191 e. The number of hydrogen-bond donors (Lipinski definition) is 2. The molecule has 3 nitrogen and oxygen atoms in total. The number of halogens is 1. The number of nitrogens with one attached hydrogen (secondary N) is 2. The molecule has 0 unspecified atom stereocenters. The molecule has 0 amide bonds. The van der Waals surface area contributed by atoms with Gasteiger partial charge in [-0.2, -0.15) is 11.8 Å². The van der Waals surface area contributed by atoms with Crippen LogP contribution in [0, 0.1) is 11.8 Å². The zero-order valence-electron chi connectivity index (χ0n) is 12.7. The van der Waals surface area contributed by atoms with Crippen LogP contribution in [0.4, 0.5) is 0 Å². The van der Waals surface area contributed by atoms with Crippen LogP contribution in [0.25, 0.3) is 0 Å². The number of guanidine groups is 1. The Balaban J connectivity index is 0.00000324. The Morgan fingerprint density at radius 2 is 1.89 bits per heavy atom. The van der Waals surface area contributed by atoms with Crippen LogP contribution in [0.3, 0.4) is 0 Å². The molecule has 0 aliphatic heterocycles. The molecule has 5 heteroatoms. The monoisotopic (exact) mass is 399 g/mol. The Hall–Kier alpha value is 0.350. The van der Waals surface area contributed by atoms with Crippen molar-refractivity contribution in [2.24, 2.45) is 16.8 Å². The average Bonchev–Trinajstić information content (AvgIpc) is 2.38. The molecule has 114 valence electrons. The zero-order valence-corrected chi connectivity index (χ0v) is 15.9. The highest BCUT2D eigenvalue weighted by atomic mass is 127. The van der Waals surface area contributed by atoms with Gasteiger partial charge in [-0.1, -0.05) is 13.8 Å². The Morgan fingerprint density at radius 3 is 2.37 bits per heavy atom. The molecule has 0 aromatic heterocycles. The molecule has 0 bridgehead atoms. The van der Waals surface area contributed by atoms with E-state index < -0.39 is 0 Å². The summed E-state index contributed by atoms with van der Waals surface area (Å²) in [5.74, 6) is 3.86. The number of nitrogens with zero attached hydrogens (tertiary/aromatic N) is 1. The van der Waals surface area contributed by atoms with Crippen LogP contribution in [0.15, 0.2) is 4.99 Å². The van der Waals surface area contributed by atoms with E-state index in [1.54, 1.807) is 0 Å². The molecule has 1 aliphatic carbocycles. The fourth-order valence-electron chi connectivity index (χ4n) is 2.59. The topological polar surface area (TPSA) is 36.4 Å². The lowest BCUT2D eigenvalue weighted by atomic mass is 9.80. The Kier molecular flexibility index (Phi) is 11.3. The van der Waals surface area contributed by atoms with Gasteiger partial charge in [0.25, 0.3) is 0 Å². The maximum Gasteiger partial charge on any atom is 0.191 e. The van der Waals surface area contributed by atoms with Crippen molar-refractivity contribution in [2.75, 3.05) is 25.6 Å². The fourth-order valence-corrected chi connectivity index (χ4v) is 2.90. The molecule has 1 rings (SSSR count). The molecule has 1 aliphatic rings. The van der Waals surface area contributed by atoms with Crippen molar-refractivity contribution < 1.29 is 0 Å². The van der Waals surface area contributed by atoms with E-state index in [0.717, 1.165) is 30.1 Å². The summed E-state index contributed by atoms with van der Waals surface area (Å²) in [6, 6.07) is 0.612. The Morgan fingerprint density at radius 1 is 1.26 bits per heavy atom. The molecule has 2 N–H and O–H groups in total. The van der Waals surface area contributed by atoms with E-state index in [1.807, 2.05) is 18.8 Å². The quantitative estimate of drug-likeness (QED) is 0.322. The van der Waals surface area contributed by atoms with Crippen LogP contribution in [-0.2, 0) is 0 Å². The third kappa shape index (κ3) is 7.63. The van der Waals surface area contributed by atoms with Crippen molar-refractivity contribution in [3.05, 3.63) is 0 Å². The highest BCUT2D eigenvalue weighted by Crippen LogP contribution is 2.29. The SMILES string of the molecule is CN=C(NCCSC)NC1CCC(C(C)C)CC1.I. The van der Waals surface area contributed by atoms with E-state index in [1.165, 1.54) is 25.7 Å². The lowest BCUT2D eigenvalue weighted by molar-refractivity contribution is 0.250. The number of aliphatic imine (C=N–C) groups is 1. The number of hydrogen-bond acceptors (Lipinski definition) is 2. The second-order valence-electron chi connectivity index (χ2n) is 5.49. The third-order valence-corrected chi connectivity index (χ3v) is 4.49. The van der Waals surface area contributed by atoms with Crippen molar-refractivity contribution in [3.8, 4) is 0 Å². The van der Waals surface area contributed by atoms with Crippen LogP contribution in [0.5, 0.6) is 0 Å². The third-order valence-electron chi connectivity index (χ3n) is 3.88. The molecule has 0 aromatic rings. The Labute approximate surface area is 140 Å². The highest BCUT2D eigenvalue weighted by molar-refractivity contribution is 14.0. The van der Waals surface area contributed by atoms with E-state index >= 15 is 0 Å². The minimum Gasteiger partial charge on any atom is -0.356 e. The second kappa shape index (κ2) is 11.1. The molecule has 1 saturated carbocycles. The minimum atomic E-state index is 0. The van der Waals surface area contributed by atoms with Gasteiger partial charge >= 0.3 is 0 Å². The predicted octanol–water partition coefficient (Wildman–Crippen LogP) is 3.35. The standard InChI is InChI=1S/C14H29N3S.HI/c1-11(2)12-5-7-13(8-6-12)17-14(15-3)16-9-10-18-4;/h11-13H,5-10H2,1-4H3,(H2,15,16,17);1H. The summed E-state index contributed by atoms with van der Waals surface area (Å²) < 4.78 is 0. The van der Waals surface area contributed by atoms with Gasteiger partial charge in [0.2, 0.25) is 0 Å². The molecule has 1 fully saturated rings. The van der Waals surface area contributed by atoms with Gasteiger partial charge in [0, 0.05) is 25.4 Å². The molecule has 19 heavy (non-hydrogen) atoms. The van der Waals surface area contributed by atoms with Crippen molar-refractivity contribution in [2.45, 2.75) is 45.6 Å². The van der Waals surface area contributed by atoms with Crippen molar-refractivity contribution in [1.29, 1.82) is 0 Å². The van der Waals surface area contributed by atoms with Gasteiger partial charge in [-0.05, 0) is 43.8 Å². The lowest BCUT2D eigenvalue weighted by Crippen LogP contribution is -2.45. The van der Waals surface area contributed by atoms with Gasteiger partial charge < -0.3 is 10.6 Å². The molecule has 0 saturated heterocycles. The molecule has 0 atom stereocenters. The first kappa shape index (κ1) is 19.4. The van der Waals surface area contributed by atoms with Gasteiger partial charge in [-0.15, -0.1) is 24.0 Å². The summed E-state index contributed by atoms with van der Waals surface area (Å²) in [4.78, 5) is 4.29. The fraction of sp³-hybridized carbons (Fsp3) is 0.929. The van der Waals surface area contributed by atoms with Crippen LogP contribution in [-0.4, -0.2) is 37.6 Å². The van der Waals surface area contributed by atoms with Crippen molar-refractivity contribution in [3.63, 3.8) is 0 Å². The van der Waals surface area contributed by atoms with Gasteiger partial charge in [-0.25, -0.2) is 0 Å². The molecule has 0 aromatic carbocycles. The van der Waals surface area contributed by atoms with E-state index in [0.29, 0.717) is 6.04 Å². The minimum absolute atomic E-state index is 0. The molecular formula is C14H30IN3S. The Bertz CT molecular complexity index is 251. The maximum absolute atomic E-state index is 4.29. The van der Waals surface area contributed by atoms with E-state index in [4.69, 9.17) is 0 Å². The van der Waals surface area contributed by atoms with Crippen LogP contribution in [0.2, 0.25) is 0 Å². The van der Waals surface area contributed by atoms with Gasteiger partial charge in [0.15, 0.2) is 5.96 Å². The maximum atomic E-state index is 4.29. The zero-order chi connectivity index (χ0) is 13.4. The van der Waals surface area contributed by atoms with Gasteiger partial charge in [0.05, 0.1) is 0 Å². The van der Waals surface area contributed by atoms with Gasteiger partial charge in [0.1, 0.15) is 0 Å². The first-order chi connectivity index (χ1) is 8.67. The summed E-state index contributed by atoms with van der Waals surface area (Å²) in [6.07, 6.45) is 7.41. The van der Waals surface area contributed by atoms with E-state index in [-0.39, 0.29) is 24.0 Å². The average molecular weight is 399 g/mol. The largest absolute Gasteiger partial charge is 0.356 e. The second-order valence-corrected chi connectivity index (χ2v) is 6.48. The van der Waals surface area contributed by atoms with Crippen molar-refractivity contribution in [1.82, 2.24) is 10.6 Å². The number of thioether (sulfide) groups is 1.